The summed E-state index contributed by atoms with van der Waals surface area (Å²) in [7, 11) is 0. The summed E-state index contributed by atoms with van der Waals surface area (Å²) >= 11 is 0. The molecule has 110 valence electrons. The van der Waals surface area contributed by atoms with E-state index in [0.717, 1.165) is 12.1 Å². The lowest BCUT2D eigenvalue weighted by Gasteiger charge is -2.13. The van der Waals surface area contributed by atoms with Gasteiger partial charge in [0, 0.05) is 23.7 Å². The zero-order valence-electron chi connectivity index (χ0n) is 10.8. The van der Waals surface area contributed by atoms with Crippen LogP contribution in [-0.4, -0.2) is 17.6 Å². The van der Waals surface area contributed by atoms with Crippen molar-refractivity contribution in [1.82, 2.24) is 5.32 Å². The molecule has 0 fully saturated rings. The highest BCUT2D eigenvalue weighted by molar-refractivity contribution is 5.94. The molecule has 3 nitrogen and oxygen atoms in total. The van der Waals surface area contributed by atoms with Crippen molar-refractivity contribution in [3.63, 3.8) is 0 Å². The van der Waals surface area contributed by atoms with Crippen LogP contribution in [0.15, 0.2) is 42.5 Å². The lowest BCUT2D eigenvalue weighted by molar-refractivity contribution is 0.0913. The molecule has 0 radical (unpaired) electrons. The van der Waals surface area contributed by atoms with Gasteiger partial charge >= 0.3 is 0 Å². The van der Waals surface area contributed by atoms with E-state index in [4.69, 9.17) is 0 Å². The molecule has 2 aromatic carbocycles. The molecule has 6 heteroatoms. The third-order valence-corrected chi connectivity index (χ3v) is 2.84. The highest BCUT2D eigenvalue weighted by atomic mass is 19.1. The summed E-state index contributed by atoms with van der Waals surface area (Å²) in [4.78, 5) is 11.7. The topological polar surface area (TPSA) is 49.3 Å². The van der Waals surface area contributed by atoms with Gasteiger partial charge in [-0.2, -0.15) is 0 Å². The van der Waals surface area contributed by atoms with Crippen LogP contribution in [0, 0.1) is 17.5 Å². The molecule has 0 bridgehead atoms. The summed E-state index contributed by atoms with van der Waals surface area (Å²) < 4.78 is 39.4. The molecule has 0 spiro atoms. The van der Waals surface area contributed by atoms with E-state index in [1.54, 1.807) is 6.07 Å². The second-order valence-electron chi connectivity index (χ2n) is 4.41. The molecule has 0 saturated carbocycles. The maximum atomic E-state index is 13.4. The van der Waals surface area contributed by atoms with E-state index >= 15 is 0 Å². The molecular formula is C15H12F3NO2. The predicted molar refractivity (Wildman–Crippen MR) is 70.1 cm³/mol. The van der Waals surface area contributed by atoms with Crippen molar-refractivity contribution in [2.45, 2.75) is 6.10 Å². The first-order valence-electron chi connectivity index (χ1n) is 6.14. The molecule has 2 rings (SSSR count). The monoisotopic (exact) mass is 295 g/mol. The first kappa shape index (κ1) is 15.1. The molecular weight excluding hydrogens is 283 g/mol. The predicted octanol–water partition coefficient (Wildman–Crippen LogP) is 2.57. The van der Waals surface area contributed by atoms with Crippen LogP contribution in [0.3, 0.4) is 0 Å². The SMILES string of the molecule is O=C(NCC(O)c1ccccc1F)c1cc(F)cc(F)c1. The second kappa shape index (κ2) is 6.41. The number of benzene rings is 2. The molecule has 2 aromatic rings. The largest absolute Gasteiger partial charge is 0.386 e. The van der Waals surface area contributed by atoms with Gasteiger partial charge in [-0.05, 0) is 18.2 Å². The Labute approximate surface area is 119 Å². The summed E-state index contributed by atoms with van der Waals surface area (Å²) in [6.45, 7) is -0.280. The van der Waals surface area contributed by atoms with Crippen LogP contribution in [0.5, 0.6) is 0 Å². The number of nitrogens with one attached hydrogen (secondary N) is 1. The Hall–Kier alpha value is -2.34. The van der Waals surface area contributed by atoms with E-state index in [1.807, 2.05) is 0 Å². The zero-order valence-corrected chi connectivity index (χ0v) is 10.8. The minimum absolute atomic E-state index is 0.0308. The Balaban J connectivity index is 2.02. The van der Waals surface area contributed by atoms with Gasteiger partial charge in [0.25, 0.3) is 5.91 Å². The average Bonchev–Trinajstić information content (AvgIpc) is 2.43. The Morgan fingerprint density at radius 3 is 2.33 bits per heavy atom. The number of halogens is 3. The fourth-order valence-corrected chi connectivity index (χ4v) is 1.83. The molecule has 1 amide bonds. The van der Waals surface area contributed by atoms with Crippen molar-refractivity contribution in [2.75, 3.05) is 6.54 Å². The summed E-state index contributed by atoms with van der Waals surface area (Å²) in [6.07, 6.45) is -1.26. The molecule has 0 aliphatic carbocycles. The average molecular weight is 295 g/mol. The highest BCUT2D eigenvalue weighted by Crippen LogP contribution is 2.16. The number of amides is 1. The first-order chi connectivity index (χ1) is 9.97. The minimum atomic E-state index is -1.26. The zero-order chi connectivity index (χ0) is 15.4. The van der Waals surface area contributed by atoms with Crippen LogP contribution >= 0.6 is 0 Å². The second-order valence-corrected chi connectivity index (χ2v) is 4.41. The summed E-state index contributed by atoms with van der Waals surface area (Å²) in [5.41, 5.74) is -0.184. The lowest BCUT2D eigenvalue weighted by atomic mass is 10.1. The van der Waals surface area contributed by atoms with Crippen LogP contribution in [0.4, 0.5) is 13.2 Å². The molecule has 0 heterocycles. The van der Waals surface area contributed by atoms with E-state index < -0.39 is 29.5 Å². The molecule has 2 N–H and O–H groups in total. The molecule has 1 unspecified atom stereocenters. The number of aliphatic hydroxyl groups is 1. The normalized spacial score (nSPS) is 12.0. The number of aliphatic hydroxyl groups excluding tert-OH is 1. The number of rotatable bonds is 4. The Morgan fingerprint density at radius 1 is 1.10 bits per heavy atom. The van der Waals surface area contributed by atoms with Gasteiger partial charge in [0.2, 0.25) is 0 Å². The van der Waals surface area contributed by atoms with Crippen molar-refractivity contribution >= 4 is 5.91 Å². The third-order valence-electron chi connectivity index (χ3n) is 2.84. The van der Waals surface area contributed by atoms with Gasteiger partial charge in [0.1, 0.15) is 17.5 Å². The molecule has 0 aliphatic rings. The maximum Gasteiger partial charge on any atom is 0.251 e. The van der Waals surface area contributed by atoms with Crippen LogP contribution in [-0.2, 0) is 0 Å². The lowest BCUT2D eigenvalue weighted by Crippen LogP contribution is -2.28. The standard InChI is InChI=1S/C15H12F3NO2/c16-10-5-9(6-11(17)7-10)15(21)19-8-14(20)12-3-1-2-4-13(12)18/h1-7,14,20H,8H2,(H,19,21). The summed E-state index contributed by atoms with van der Waals surface area (Å²) in [5.74, 6) is -3.12. The number of hydrogen-bond acceptors (Lipinski definition) is 2. The van der Waals surface area contributed by atoms with Gasteiger partial charge in [-0.1, -0.05) is 18.2 Å². The van der Waals surface area contributed by atoms with Crippen LogP contribution in [0.1, 0.15) is 22.0 Å². The van der Waals surface area contributed by atoms with E-state index in [2.05, 4.69) is 5.32 Å². The number of carbonyl (C=O) groups is 1. The smallest absolute Gasteiger partial charge is 0.251 e. The molecule has 1 atom stereocenters. The van der Waals surface area contributed by atoms with Gasteiger partial charge < -0.3 is 10.4 Å². The van der Waals surface area contributed by atoms with E-state index in [9.17, 15) is 23.1 Å². The van der Waals surface area contributed by atoms with Crippen molar-refractivity contribution in [3.8, 4) is 0 Å². The van der Waals surface area contributed by atoms with Gasteiger partial charge in [-0.25, -0.2) is 13.2 Å². The van der Waals surface area contributed by atoms with Crippen molar-refractivity contribution in [1.29, 1.82) is 0 Å². The first-order valence-corrected chi connectivity index (χ1v) is 6.14. The Morgan fingerprint density at radius 2 is 1.71 bits per heavy atom. The van der Waals surface area contributed by atoms with E-state index in [0.29, 0.717) is 6.07 Å². The fraction of sp³-hybridized carbons (Fsp3) is 0.133. The number of hydrogen-bond donors (Lipinski definition) is 2. The van der Waals surface area contributed by atoms with Crippen LogP contribution in [0.25, 0.3) is 0 Å². The molecule has 0 saturated heterocycles. The third kappa shape index (κ3) is 3.82. The molecule has 0 aliphatic heterocycles. The highest BCUT2D eigenvalue weighted by Gasteiger charge is 2.15. The van der Waals surface area contributed by atoms with Gasteiger partial charge in [-0.3, -0.25) is 4.79 Å². The molecule has 21 heavy (non-hydrogen) atoms. The fourth-order valence-electron chi connectivity index (χ4n) is 1.83. The summed E-state index contributed by atoms with van der Waals surface area (Å²) in [5, 5.41) is 12.1. The van der Waals surface area contributed by atoms with Crippen LogP contribution < -0.4 is 5.32 Å². The summed E-state index contributed by atoms with van der Waals surface area (Å²) in [6, 6.07) is 7.97. The van der Waals surface area contributed by atoms with E-state index in [-0.39, 0.29) is 17.7 Å². The molecule has 0 aromatic heterocycles. The number of carbonyl (C=O) groups excluding carboxylic acids is 1. The Kier molecular flexibility index (Phi) is 4.59. The maximum absolute atomic E-state index is 13.4. The van der Waals surface area contributed by atoms with E-state index in [1.165, 1.54) is 18.2 Å². The minimum Gasteiger partial charge on any atom is -0.386 e. The van der Waals surface area contributed by atoms with Crippen molar-refractivity contribution in [3.05, 3.63) is 71.0 Å². The van der Waals surface area contributed by atoms with Crippen molar-refractivity contribution in [2.24, 2.45) is 0 Å². The van der Waals surface area contributed by atoms with Gasteiger partial charge in [0.15, 0.2) is 0 Å². The van der Waals surface area contributed by atoms with Gasteiger partial charge in [-0.15, -0.1) is 0 Å². The van der Waals surface area contributed by atoms with Gasteiger partial charge in [0.05, 0.1) is 6.10 Å². The Bertz CT molecular complexity index is 641. The van der Waals surface area contributed by atoms with Crippen LogP contribution in [0.2, 0.25) is 0 Å². The quantitative estimate of drug-likeness (QED) is 0.911. The van der Waals surface area contributed by atoms with Crippen molar-refractivity contribution < 1.29 is 23.1 Å².